The van der Waals surface area contributed by atoms with E-state index < -0.39 is 23.1 Å². The molecule has 0 saturated heterocycles. The monoisotopic (exact) mass is 387 g/mol. The van der Waals surface area contributed by atoms with Crippen molar-refractivity contribution < 1.29 is 19.4 Å². The summed E-state index contributed by atoms with van der Waals surface area (Å²) in [6, 6.07) is 4.57. The van der Waals surface area contributed by atoms with E-state index in [4.69, 9.17) is 9.47 Å². The van der Waals surface area contributed by atoms with Gasteiger partial charge < -0.3 is 19.9 Å². The Labute approximate surface area is 160 Å². The number of ether oxygens (including phenoxy) is 2. The minimum atomic E-state index is -0.816. The van der Waals surface area contributed by atoms with Crippen LogP contribution in [0.5, 0.6) is 11.5 Å². The molecule has 1 aromatic heterocycles. The minimum absolute atomic E-state index is 0.0749. The number of aromatic hydroxyl groups is 1. The van der Waals surface area contributed by atoms with Crippen LogP contribution in [-0.2, 0) is 23.6 Å². The number of anilines is 1. The summed E-state index contributed by atoms with van der Waals surface area (Å²) in [5, 5.41) is 12.9. The van der Waals surface area contributed by atoms with Gasteiger partial charge in [-0.25, -0.2) is 9.59 Å². The number of rotatable bonds is 3. The van der Waals surface area contributed by atoms with Crippen molar-refractivity contribution in [2.45, 2.75) is 12.8 Å². The molecular weight excluding hydrogens is 366 g/mol. The number of hydrogen-bond acceptors (Lipinski definition) is 7. The number of nitrogens with zero attached hydrogens (tertiary/aromatic N) is 2. The van der Waals surface area contributed by atoms with Gasteiger partial charge in [-0.15, -0.1) is 0 Å². The summed E-state index contributed by atoms with van der Waals surface area (Å²) in [5.41, 5.74) is 0.429. The van der Waals surface area contributed by atoms with Gasteiger partial charge in [-0.3, -0.25) is 13.9 Å². The van der Waals surface area contributed by atoms with Gasteiger partial charge in [0.2, 0.25) is 0 Å². The van der Waals surface area contributed by atoms with E-state index in [1.54, 1.807) is 26.1 Å². The predicted octanol–water partition coefficient (Wildman–Crippen LogP) is 0.803. The highest BCUT2D eigenvalue weighted by Gasteiger charge is 2.37. The third-order valence-electron chi connectivity index (χ3n) is 4.93. The fourth-order valence-corrected chi connectivity index (χ4v) is 3.48. The fourth-order valence-electron chi connectivity index (χ4n) is 3.48. The molecule has 1 aliphatic heterocycles. The Bertz CT molecular complexity index is 1130. The van der Waals surface area contributed by atoms with Crippen molar-refractivity contribution in [3.8, 4) is 11.5 Å². The lowest BCUT2D eigenvalue weighted by molar-refractivity contribution is -0.136. The molecule has 2 heterocycles. The SMILES string of the molecule is COC(=O)C1=C(C)Nc2c(c(=O)n(C)c(=O)n2C)C1c1ccc(O)c(OC)c1. The van der Waals surface area contributed by atoms with Crippen LogP contribution in [-0.4, -0.2) is 34.4 Å². The summed E-state index contributed by atoms with van der Waals surface area (Å²) in [4.78, 5) is 37.9. The number of fused-ring (bicyclic) bond motifs is 1. The molecule has 0 radical (unpaired) electrons. The zero-order chi connectivity index (χ0) is 20.7. The molecule has 0 aliphatic carbocycles. The van der Waals surface area contributed by atoms with E-state index in [1.165, 1.54) is 31.9 Å². The number of methoxy groups -OCH3 is 2. The first-order chi connectivity index (χ1) is 13.2. The van der Waals surface area contributed by atoms with E-state index in [1.807, 2.05) is 0 Å². The third kappa shape index (κ3) is 2.75. The van der Waals surface area contributed by atoms with Crippen LogP contribution in [0.25, 0.3) is 0 Å². The van der Waals surface area contributed by atoms with Crippen molar-refractivity contribution in [1.29, 1.82) is 0 Å². The molecule has 1 aliphatic rings. The van der Waals surface area contributed by atoms with Crippen molar-refractivity contribution in [2.24, 2.45) is 14.1 Å². The second-order valence-corrected chi connectivity index (χ2v) is 6.49. The number of aromatic nitrogens is 2. The maximum atomic E-state index is 13.0. The third-order valence-corrected chi connectivity index (χ3v) is 4.93. The number of phenols is 1. The zero-order valence-corrected chi connectivity index (χ0v) is 16.2. The quantitative estimate of drug-likeness (QED) is 0.750. The van der Waals surface area contributed by atoms with Gasteiger partial charge in [0.15, 0.2) is 11.5 Å². The van der Waals surface area contributed by atoms with Crippen LogP contribution in [0, 0.1) is 0 Å². The second kappa shape index (κ2) is 6.91. The number of carbonyl (C=O) groups excluding carboxylic acids is 1. The lowest BCUT2D eigenvalue weighted by Crippen LogP contribution is -2.43. The number of allylic oxidation sites excluding steroid dienone is 1. The number of carbonyl (C=O) groups is 1. The smallest absolute Gasteiger partial charge is 0.336 e. The topological polar surface area (TPSA) is 112 Å². The van der Waals surface area contributed by atoms with Crippen molar-refractivity contribution in [2.75, 3.05) is 19.5 Å². The first kappa shape index (κ1) is 19.3. The van der Waals surface area contributed by atoms with Crippen LogP contribution in [0.1, 0.15) is 24.0 Å². The standard InChI is InChI=1S/C19H21N3O6/c1-9-13(18(25)28-5)14(10-6-7-11(23)12(8-10)27-4)15-16(20-9)21(2)19(26)22(3)17(15)24/h6-8,14,20,23H,1-5H3. The van der Waals surface area contributed by atoms with E-state index in [9.17, 15) is 19.5 Å². The maximum Gasteiger partial charge on any atom is 0.336 e. The van der Waals surface area contributed by atoms with Crippen molar-refractivity contribution in [3.05, 3.63) is 61.4 Å². The average Bonchev–Trinajstić information content (AvgIpc) is 2.69. The lowest BCUT2D eigenvalue weighted by Gasteiger charge is -2.30. The largest absolute Gasteiger partial charge is 0.504 e. The zero-order valence-electron chi connectivity index (χ0n) is 16.2. The molecule has 9 heteroatoms. The van der Waals surface area contributed by atoms with Crippen LogP contribution in [0.3, 0.4) is 0 Å². The van der Waals surface area contributed by atoms with Crippen molar-refractivity contribution in [3.63, 3.8) is 0 Å². The summed E-state index contributed by atoms with van der Waals surface area (Å²) in [6.07, 6.45) is 0. The molecule has 1 atom stereocenters. The molecule has 3 rings (SSSR count). The van der Waals surface area contributed by atoms with Crippen LogP contribution < -0.4 is 21.3 Å². The van der Waals surface area contributed by atoms with Gasteiger partial charge in [0.05, 0.1) is 31.3 Å². The van der Waals surface area contributed by atoms with E-state index in [0.29, 0.717) is 17.1 Å². The Morgan fingerprint density at radius 1 is 1.18 bits per heavy atom. The molecule has 0 spiro atoms. The van der Waals surface area contributed by atoms with E-state index in [-0.39, 0.29) is 22.6 Å². The first-order valence-electron chi connectivity index (χ1n) is 8.45. The number of benzene rings is 1. The van der Waals surface area contributed by atoms with Crippen LogP contribution >= 0.6 is 0 Å². The Balaban J connectivity index is 2.42. The van der Waals surface area contributed by atoms with Gasteiger partial charge in [0, 0.05) is 19.8 Å². The summed E-state index contributed by atoms with van der Waals surface area (Å²) in [7, 11) is 5.58. The van der Waals surface area contributed by atoms with E-state index >= 15 is 0 Å². The molecule has 2 aromatic rings. The average molecular weight is 387 g/mol. The molecule has 1 unspecified atom stereocenters. The Hall–Kier alpha value is -3.49. The lowest BCUT2D eigenvalue weighted by atomic mass is 9.82. The Morgan fingerprint density at radius 3 is 2.46 bits per heavy atom. The van der Waals surface area contributed by atoms with Gasteiger partial charge in [-0.2, -0.15) is 0 Å². The Morgan fingerprint density at radius 2 is 1.86 bits per heavy atom. The normalized spacial score (nSPS) is 15.7. The summed E-state index contributed by atoms with van der Waals surface area (Å²) < 4.78 is 12.4. The van der Waals surface area contributed by atoms with Crippen LogP contribution in [0.4, 0.5) is 5.82 Å². The molecule has 9 nitrogen and oxygen atoms in total. The summed E-state index contributed by atoms with van der Waals surface area (Å²) >= 11 is 0. The van der Waals surface area contributed by atoms with E-state index in [2.05, 4.69) is 5.32 Å². The van der Waals surface area contributed by atoms with Crippen LogP contribution in [0.2, 0.25) is 0 Å². The van der Waals surface area contributed by atoms with Gasteiger partial charge in [-0.05, 0) is 24.6 Å². The highest BCUT2D eigenvalue weighted by molar-refractivity contribution is 5.94. The number of phenolic OH excluding ortho intramolecular Hbond substituents is 1. The highest BCUT2D eigenvalue weighted by atomic mass is 16.5. The molecule has 148 valence electrons. The predicted molar refractivity (Wildman–Crippen MR) is 102 cm³/mol. The fraction of sp³-hybridized carbons (Fsp3) is 0.316. The second-order valence-electron chi connectivity index (χ2n) is 6.49. The molecule has 0 amide bonds. The number of hydrogen-bond donors (Lipinski definition) is 2. The summed E-state index contributed by atoms with van der Waals surface area (Å²) in [6.45, 7) is 1.67. The molecule has 0 saturated carbocycles. The van der Waals surface area contributed by atoms with Crippen molar-refractivity contribution in [1.82, 2.24) is 9.13 Å². The van der Waals surface area contributed by atoms with Gasteiger partial charge >= 0.3 is 11.7 Å². The van der Waals surface area contributed by atoms with Crippen molar-refractivity contribution >= 4 is 11.8 Å². The minimum Gasteiger partial charge on any atom is -0.504 e. The number of esters is 1. The Kier molecular flexibility index (Phi) is 4.76. The maximum absolute atomic E-state index is 13.0. The van der Waals surface area contributed by atoms with E-state index in [0.717, 1.165) is 4.57 Å². The van der Waals surface area contributed by atoms with Gasteiger partial charge in [0.1, 0.15) is 5.82 Å². The molecule has 1 aromatic carbocycles. The first-order valence-corrected chi connectivity index (χ1v) is 8.45. The number of nitrogens with one attached hydrogen (secondary N) is 1. The van der Waals surface area contributed by atoms with Gasteiger partial charge in [0.25, 0.3) is 5.56 Å². The molecule has 2 N–H and O–H groups in total. The molecular formula is C19H21N3O6. The highest BCUT2D eigenvalue weighted by Crippen LogP contribution is 2.42. The molecule has 0 fully saturated rings. The summed E-state index contributed by atoms with van der Waals surface area (Å²) in [5.74, 6) is -1.00. The van der Waals surface area contributed by atoms with Gasteiger partial charge in [-0.1, -0.05) is 6.07 Å². The molecule has 28 heavy (non-hydrogen) atoms. The van der Waals surface area contributed by atoms with Crippen LogP contribution in [0.15, 0.2) is 39.1 Å². The molecule has 0 bridgehead atoms.